The highest BCUT2D eigenvalue weighted by atomic mass is 32.2. The zero-order chi connectivity index (χ0) is 17.7. The summed E-state index contributed by atoms with van der Waals surface area (Å²) in [4.78, 5) is 12.2. The number of amides is 1. The zero-order valence-electron chi connectivity index (χ0n) is 13.8. The number of ether oxygens (including phenoxy) is 1. The number of hydrogen-bond acceptors (Lipinski definition) is 4. The van der Waals surface area contributed by atoms with Crippen molar-refractivity contribution in [3.8, 4) is 5.75 Å². The van der Waals surface area contributed by atoms with Crippen LogP contribution in [0.2, 0.25) is 0 Å². The molecule has 2 aromatic rings. The van der Waals surface area contributed by atoms with Gasteiger partial charge in [-0.1, -0.05) is 29.8 Å². The largest absolute Gasteiger partial charge is 0.495 e. The molecule has 128 valence electrons. The lowest BCUT2D eigenvalue weighted by Gasteiger charge is -2.11. The Balaban J connectivity index is 2.20. The summed E-state index contributed by atoms with van der Waals surface area (Å²) in [5, 5.41) is 2.77. The highest BCUT2D eigenvalue weighted by Crippen LogP contribution is 2.24. The highest BCUT2D eigenvalue weighted by Gasteiger charge is 2.20. The molecule has 1 amide bonds. The number of aryl methyl sites for hydroxylation is 1. The molecule has 0 aromatic heterocycles. The summed E-state index contributed by atoms with van der Waals surface area (Å²) in [7, 11) is -1.04. The molecule has 0 radical (unpaired) electrons. The predicted octanol–water partition coefficient (Wildman–Crippen LogP) is 1.84. The molecule has 2 rings (SSSR count). The van der Waals surface area contributed by atoms with E-state index in [1.54, 1.807) is 0 Å². The van der Waals surface area contributed by atoms with Gasteiger partial charge in [0.15, 0.2) is 0 Å². The molecule has 0 saturated carbocycles. The summed E-state index contributed by atoms with van der Waals surface area (Å²) in [6, 6.07) is 12.1. The van der Waals surface area contributed by atoms with Crippen molar-refractivity contribution in [1.82, 2.24) is 10.0 Å². The first-order valence-corrected chi connectivity index (χ1v) is 8.81. The van der Waals surface area contributed by atoms with E-state index in [1.807, 2.05) is 31.2 Å². The normalized spacial score (nSPS) is 11.1. The monoisotopic (exact) mass is 348 g/mol. The van der Waals surface area contributed by atoms with E-state index in [4.69, 9.17) is 4.74 Å². The summed E-state index contributed by atoms with van der Waals surface area (Å²) in [5.74, 6) is -0.176. The molecule has 2 N–H and O–H groups in total. The van der Waals surface area contributed by atoms with Gasteiger partial charge in [0.2, 0.25) is 10.0 Å². The van der Waals surface area contributed by atoms with Gasteiger partial charge in [-0.3, -0.25) is 4.79 Å². The summed E-state index contributed by atoms with van der Waals surface area (Å²) in [5.41, 5.74) is 2.35. The van der Waals surface area contributed by atoms with Crippen LogP contribution in [0.1, 0.15) is 21.5 Å². The van der Waals surface area contributed by atoms with Crippen LogP contribution in [0.5, 0.6) is 5.75 Å². The molecule has 0 bridgehead atoms. The quantitative estimate of drug-likeness (QED) is 0.834. The molecular formula is C17H20N2O4S. The average Bonchev–Trinajstić information content (AvgIpc) is 2.60. The number of hydrogen-bond donors (Lipinski definition) is 2. The number of nitrogens with one attached hydrogen (secondary N) is 2. The Kier molecular flexibility index (Phi) is 5.58. The number of rotatable bonds is 6. The first kappa shape index (κ1) is 18.0. The second-order valence-electron chi connectivity index (χ2n) is 5.24. The minimum absolute atomic E-state index is 0.0736. The van der Waals surface area contributed by atoms with Crippen molar-refractivity contribution < 1.29 is 17.9 Å². The summed E-state index contributed by atoms with van der Waals surface area (Å²) >= 11 is 0. The Morgan fingerprint density at radius 1 is 1.12 bits per heavy atom. The van der Waals surface area contributed by atoms with Crippen LogP contribution in [0, 0.1) is 6.92 Å². The lowest BCUT2D eigenvalue weighted by molar-refractivity contribution is 0.0950. The van der Waals surface area contributed by atoms with Crippen molar-refractivity contribution in [1.29, 1.82) is 0 Å². The Morgan fingerprint density at radius 3 is 2.38 bits per heavy atom. The maximum atomic E-state index is 12.3. The van der Waals surface area contributed by atoms with Gasteiger partial charge in [-0.25, -0.2) is 13.1 Å². The Bertz CT molecular complexity index is 830. The van der Waals surface area contributed by atoms with E-state index in [0.29, 0.717) is 6.54 Å². The van der Waals surface area contributed by atoms with E-state index in [0.717, 1.165) is 11.1 Å². The van der Waals surface area contributed by atoms with Crippen LogP contribution in [0.4, 0.5) is 0 Å². The average molecular weight is 348 g/mol. The van der Waals surface area contributed by atoms with Crippen LogP contribution in [-0.4, -0.2) is 28.5 Å². The van der Waals surface area contributed by atoms with Crippen LogP contribution < -0.4 is 14.8 Å². The van der Waals surface area contributed by atoms with E-state index in [-0.39, 0.29) is 22.1 Å². The van der Waals surface area contributed by atoms with Crippen molar-refractivity contribution in [2.45, 2.75) is 18.4 Å². The van der Waals surface area contributed by atoms with Crippen LogP contribution in [0.25, 0.3) is 0 Å². The lowest BCUT2D eigenvalue weighted by atomic mass is 10.1. The molecule has 0 aliphatic heterocycles. The minimum Gasteiger partial charge on any atom is -0.495 e. The molecule has 7 heteroatoms. The Hall–Kier alpha value is -2.38. The van der Waals surface area contributed by atoms with Crippen LogP contribution in [0.3, 0.4) is 0 Å². The van der Waals surface area contributed by atoms with Crippen LogP contribution in [-0.2, 0) is 16.6 Å². The highest BCUT2D eigenvalue weighted by molar-refractivity contribution is 7.89. The van der Waals surface area contributed by atoms with E-state index in [9.17, 15) is 13.2 Å². The topological polar surface area (TPSA) is 84.5 Å². The molecule has 0 atom stereocenters. The van der Waals surface area contributed by atoms with Gasteiger partial charge in [-0.15, -0.1) is 0 Å². The summed E-state index contributed by atoms with van der Waals surface area (Å²) in [6.45, 7) is 2.35. The molecular weight excluding hydrogens is 328 g/mol. The third-order valence-corrected chi connectivity index (χ3v) is 4.99. The molecule has 2 aromatic carbocycles. The number of benzene rings is 2. The second kappa shape index (κ2) is 7.46. The smallest absolute Gasteiger partial charge is 0.251 e. The third-order valence-electron chi connectivity index (χ3n) is 3.56. The maximum absolute atomic E-state index is 12.3. The number of carbonyl (C=O) groups is 1. The van der Waals surface area contributed by atoms with Crippen molar-refractivity contribution in [2.75, 3.05) is 14.2 Å². The summed E-state index contributed by atoms with van der Waals surface area (Å²) < 4.78 is 31.4. The van der Waals surface area contributed by atoms with E-state index >= 15 is 0 Å². The maximum Gasteiger partial charge on any atom is 0.251 e. The molecule has 0 aliphatic carbocycles. The van der Waals surface area contributed by atoms with Gasteiger partial charge in [-0.05, 0) is 37.7 Å². The lowest BCUT2D eigenvalue weighted by Crippen LogP contribution is -2.24. The fraction of sp³-hybridized carbons (Fsp3) is 0.235. The fourth-order valence-corrected chi connectivity index (χ4v) is 3.05. The van der Waals surface area contributed by atoms with E-state index in [1.165, 1.54) is 32.4 Å². The van der Waals surface area contributed by atoms with Crippen LogP contribution in [0.15, 0.2) is 47.4 Å². The van der Waals surface area contributed by atoms with Crippen molar-refractivity contribution >= 4 is 15.9 Å². The van der Waals surface area contributed by atoms with Crippen molar-refractivity contribution in [3.05, 3.63) is 59.2 Å². The van der Waals surface area contributed by atoms with Gasteiger partial charge < -0.3 is 10.1 Å². The molecule has 6 nitrogen and oxygen atoms in total. The Morgan fingerprint density at radius 2 is 1.79 bits per heavy atom. The predicted molar refractivity (Wildman–Crippen MR) is 91.6 cm³/mol. The van der Waals surface area contributed by atoms with Crippen molar-refractivity contribution in [3.63, 3.8) is 0 Å². The van der Waals surface area contributed by atoms with Gasteiger partial charge in [0.1, 0.15) is 10.6 Å². The number of methoxy groups -OCH3 is 1. The fourth-order valence-electron chi connectivity index (χ4n) is 2.13. The van der Waals surface area contributed by atoms with E-state index < -0.39 is 10.0 Å². The van der Waals surface area contributed by atoms with Gasteiger partial charge in [0, 0.05) is 12.1 Å². The van der Waals surface area contributed by atoms with Gasteiger partial charge in [0.25, 0.3) is 5.91 Å². The zero-order valence-corrected chi connectivity index (χ0v) is 14.6. The van der Waals surface area contributed by atoms with Gasteiger partial charge >= 0.3 is 0 Å². The number of sulfonamides is 1. The summed E-state index contributed by atoms with van der Waals surface area (Å²) in [6.07, 6.45) is 0. The van der Waals surface area contributed by atoms with Crippen molar-refractivity contribution in [2.24, 2.45) is 0 Å². The standard InChI is InChI=1S/C17H20N2O4S/c1-12-4-6-13(7-5-12)11-19-17(20)14-8-9-15(23-3)16(10-14)24(21,22)18-2/h4-10,18H,11H2,1-3H3,(H,19,20). The molecule has 0 aliphatic rings. The second-order valence-corrected chi connectivity index (χ2v) is 7.10. The molecule has 0 saturated heterocycles. The molecule has 0 fully saturated rings. The van der Waals surface area contributed by atoms with Crippen LogP contribution >= 0.6 is 0 Å². The first-order chi connectivity index (χ1) is 11.4. The molecule has 24 heavy (non-hydrogen) atoms. The molecule has 0 unspecified atom stereocenters. The van der Waals surface area contributed by atoms with Gasteiger partial charge in [0.05, 0.1) is 7.11 Å². The first-order valence-electron chi connectivity index (χ1n) is 7.32. The Labute approximate surface area is 141 Å². The molecule has 0 heterocycles. The SMILES string of the molecule is CNS(=O)(=O)c1cc(C(=O)NCc2ccc(C)cc2)ccc1OC. The molecule has 0 spiro atoms. The third kappa shape index (κ3) is 4.12. The van der Waals surface area contributed by atoms with Gasteiger partial charge in [-0.2, -0.15) is 0 Å². The minimum atomic E-state index is -3.72. The van der Waals surface area contributed by atoms with E-state index in [2.05, 4.69) is 10.0 Å². The number of carbonyl (C=O) groups excluding carboxylic acids is 1.